The number of fused-ring (bicyclic) bond motifs is 1. The summed E-state index contributed by atoms with van der Waals surface area (Å²) in [6.45, 7) is 18.5. The van der Waals surface area contributed by atoms with Gasteiger partial charge in [-0.25, -0.2) is 0 Å². The third-order valence-corrected chi connectivity index (χ3v) is 8.98. The molecule has 0 saturated carbocycles. The number of pyridine rings is 1. The van der Waals surface area contributed by atoms with Crippen molar-refractivity contribution in [2.24, 2.45) is 0 Å². The van der Waals surface area contributed by atoms with Gasteiger partial charge in [0, 0.05) is 72.9 Å². The van der Waals surface area contributed by atoms with E-state index < -0.39 is 0 Å². The highest BCUT2D eigenvalue weighted by Crippen LogP contribution is 2.28. The van der Waals surface area contributed by atoms with Gasteiger partial charge in [0.15, 0.2) is 0 Å². The van der Waals surface area contributed by atoms with E-state index in [1.165, 1.54) is 11.1 Å². The van der Waals surface area contributed by atoms with Crippen molar-refractivity contribution in [1.82, 2.24) is 24.8 Å². The summed E-state index contributed by atoms with van der Waals surface area (Å²) in [6.07, 6.45) is 1.82. The Bertz CT molecular complexity index is 1760. The van der Waals surface area contributed by atoms with Crippen LogP contribution >= 0.6 is 11.6 Å². The standard InChI is InChI=1S/C38H46ClN9/c1-37(2,3)26-7-12-29(13-8-26)42-34-44-35(43-30-14-9-27(10-15-30)38(4,5)6)46-36(45-34)48-23-21-47(22-24-48)20-19-41-32-17-18-40-33-25-28(39)11-16-31(32)33/h7-18,25H,19-24H2,1-6H3,(H,40,41)(H2,42,43,44,45,46). The highest BCUT2D eigenvalue weighted by Gasteiger charge is 2.21. The van der Waals surface area contributed by atoms with Gasteiger partial charge < -0.3 is 20.9 Å². The van der Waals surface area contributed by atoms with Crippen LogP contribution in [-0.2, 0) is 10.8 Å². The number of aromatic nitrogens is 4. The molecule has 0 amide bonds. The molecule has 3 heterocycles. The van der Waals surface area contributed by atoms with Crippen LogP contribution in [0.5, 0.6) is 0 Å². The Kier molecular flexibility index (Phi) is 9.71. The molecule has 0 spiro atoms. The van der Waals surface area contributed by atoms with Crippen LogP contribution in [0.3, 0.4) is 0 Å². The van der Waals surface area contributed by atoms with Crippen molar-refractivity contribution in [3.05, 3.63) is 95.1 Å². The molecule has 48 heavy (non-hydrogen) atoms. The van der Waals surface area contributed by atoms with E-state index in [0.29, 0.717) is 22.9 Å². The number of anilines is 6. The van der Waals surface area contributed by atoms with Gasteiger partial charge in [0.25, 0.3) is 0 Å². The van der Waals surface area contributed by atoms with Gasteiger partial charge >= 0.3 is 0 Å². The van der Waals surface area contributed by atoms with Crippen molar-refractivity contribution in [2.75, 3.05) is 60.1 Å². The largest absolute Gasteiger partial charge is 0.383 e. The first kappa shape index (κ1) is 33.4. The minimum atomic E-state index is 0.0823. The van der Waals surface area contributed by atoms with Crippen LogP contribution in [0.1, 0.15) is 52.7 Å². The molecule has 1 aliphatic heterocycles. The molecule has 0 radical (unpaired) electrons. The molecule has 250 valence electrons. The van der Waals surface area contributed by atoms with E-state index >= 15 is 0 Å². The van der Waals surface area contributed by atoms with Crippen LogP contribution in [0.2, 0.25) is 5.02 Å². The van der Waals surface area contributed by atoms with Crippen molar-refractivity contribution in [3.8, 4) is 0 Å². The Morgan fingerprint density at radius 1 is 0.688 bits per heavy atom. The van der Waals surface area contributed by atoms with Gasteiger partial charge in [0.05, 0.1) is 5.52 Å². The van der Waals surface area contributed by atoms with E-state index in [4.69, 9.17) is 26.6 Å². The number of rotatable bonds is 9. The zero-order valence-electron chi connectivity index (χ0n) is 28.8. The maximum absolute atomic E-state index is 6.17. The SMILES string of the molecule is CC(C)(C)c1ccc(Nc2nc(Nc3ccc(C(C)(C)C)cc3)nc(N3CCN(CCNc4ccnc5cc(Cl)ccc45)CC3)n2)cc1. The number of piperazine rings is 1. The van der Waals surface area contributed by atoms with Gasteiger partial charge in [-0.2, -0.15) is 15.0 Å². The smallest absolute Gasteiger partial charge is 0.233 e. The first-order valence-electron chi connectivity index (χ1n) is 16.7. The fourth-order valence-electron chi connectivity index (χ4n) is 5.78. The second-order valence-electron chi connectivity index (χ2n) is 14.5. The molecule has 1 aliphatic rings. The second kappa shape index (κ2) is 13.9. The maximum Gasteiger partial charge on any atom is 0.233 e. The van der Waals surface area contributed by atoms with Crippen molar-refractivity contribution in [1.29, 1.82) is 0 Å². The van der Waals surface area contributed by atoms with E-state index in [2.05, 4.69) is 121 Å². The molecule has 3 N–H and O–H groups in total. The minimum Gasteiger partial charge on any atom is -0.383 e. The Morgan fingerprint density at radius 2 is 1.25 bits per heavy atom. The monoisotopic (exact) mass is 663 g/mol. The lowest BCUT2D eigenvalue weighted by atomic mass is 9.87. The minimum absolute atomic E-state index is 0.0823. The van der Waals surface area contributed by atoms with Gasteiger partial charge in [-0.15, -0.1) is 0 Å². The molecule has 10 heteroatoms. The first-order chi connectivity index (χ1) is 22.9. The summed E-state index contributed by atoms with van der Waals surface area (Å²) >= 11 is 6.17. The van der Waals surface area contributed by atoms with Crippen LogP contribution in [0.4, 0.5) is 34.9 Å². The van der Waals surface area contributed by atoms with Crippen LogP contribution < -0.4 is 20.9 Å². The number of nitrogens with one attached hydrogen (secondary N) is 3. The third kappa shape index (κ3) is 8.32. The number of nitrogens with zero attached hydrogens (tertiary/aromatic N) is 6. The van der Waals surface area contributed by atoms with Crippen LogP contribution in [0.25, 0.3) is 10.9 Å². The quantitative estimate of drug-likeness (QED) is 0.144. The molecule has 1 fully saturated rings. The Balaban J connectivity index is 1.14. The zero-order valence-corrected chi connectivity index (χ0v) is 29.6. The Morgan fingerprint density at radius 3 is 1.79 bits per heavy atom. The summed E-state index contributed by atoms with van der Waals surface area (Å²) in [5.74, 6) is 1.68. The highest BCUT2D eigenvalue weighted by molar-refractivity contribution is 6.31. The molecular weight excluding hydrogens is 618 g/mol. The van der Waals surface area contributed by atoms with E-state index in [1.807, 2.05) is 30.5 Å². The average Bonchev–Trinajstić information content (AvgIpc) is 3.04. The summed E-state index contributed by atoms with van der Waals surface area (Å²) in [6, 6.07) is 24.8. The zero-order chi connectivity index (χ0) is 33.9. The Labute approximate surface area is 289 Å². The molecule has 0 atom stereocenters. The molecule has 2 aromatic heterocycles. The average molecular weight is 664 g/mol. The van der Waals surface area contributed by atoms with E-state index in [9.17, 15) is 0 Å². The third-order valence-electron chi connectivity index (χ3n) is 8.74. The summed E-state index contributed by atoms with van der Waals surface area (Å²) in [7, 11) is 0. The summed E-state index contributed by atoms with van der Waals surface area (Å²) < 4.78 is 0. The van der Waals surface area contributed by atoms with E-state index in [0.717, 1.165) is 67.2 Å². The molecule has 0 aliphatic carbocycles. The predicted octanol–water partition coefficient (Wildman–Crippen LogP) is 8.39. The van der Waals surface area contributed by atoms with Gasteiger partial charge in [-0.1, -0.05) is 77.4 Å². The van der Waals surface area contributed by atoms with Crippen molar-refractivity contribution >= 4 is 57.4 Å². The van der Waals surface area contributed by atoms with Gasteiger partial charge in [-0.3, -0.25) is 9.88 Å². The van der Waals surface area contributed by atoms with E-state index in [1.54, 1.807) is 0 Å². The van der Waals surface area contributed by atoms with Gasteiger partial charge in [0.1, 0.15) is 0 Å². The topological polar surface area (TPSA) is 94.1 Å². The summed E-state index contributed by atoms with van der Waals surface area (Å²) in [5, 5.41) is 12.2. The van der Waals surface area contributed by atoms with Crippen LogP contribution in [0.15, 0.2) is 79.0 Å². The lowest BCUT2D eigenvalue weighted by molar-refractivity contribution is 0.266. The maximum atomic E-state index is 6.17. The summed E-state index contributed by atoms with van der Waals surface area (Å²) in [4.78, 5) is 23.7. The molecular formula is C38H46ClN9. The molecule has 9 nitrogen and oxygen atoms in total. The summed E-state index contributed by atoms with van der Waals surface area (Å²) in [5.41, 5.74) is 6.55. The number of benzene rings is 3. The molecule has 5 aromatic rings. The lowest BCUT2D eigenvalue weighted by Gasteiger charge is -2.34. The molecule has 6 rings (SSSR count). The fraction of sp³-hybridized carbons (Fsp3) is 0.368. The number of halogens is 1. The molecule has 0 unspecified atom stereocenters. The number of hydrogen-bond donors (Lipinski definition) is 3. The van der Waals surface area contributed by atoms with Crippen LogP contribution in [-0.4, -0.2) is 64.1 Å². The van der Waals surface area contributed by atoms with E-state index in [-0.39, 0.29) is 10.8 Å². The van der Waals surface area contributed by atoms with Crippen molar-refractivity contribution in [3.63, 3.8) is 0 Å². The van der Waals surface area contributed by atoms with Crippen molar-refractivity contribution < 1.29 is 0 Å². The predicted molar refractivity (Wildman–Crippen MR) is 201 cm³/mol. The molecule has 1 saturated heterocycles. The normalized spacial score (nSPS) is 14.3. The highest BCUT2D eigenvalue weighted by atomic mass is 35.5. The Hall–Kier alpha value is -4.47. The second-order valence-corrected chi connectivity index (χ2v) is 14.9. The van der Waals surface area contributed by atoms with Crippen LogP contribution in [0, 0.1) is 0 Å². The molecule has 3 aromatic carbocycles. The fourth-order valence-corrected chi connectivity index (χ4v) is 5.95. The molecule has 0 bridgehead atoms. The van der Waals surface area contributed by atoms with Gasteiger partial charge in [-0.05, 0) is 70.5 Å². The van der Waals surface area contributed by atoms with Gasteiger partial charge in [0.2, 0.25) is 17.8 Å². The first-order valence-corrected chi connectivity index (χ1v) is 17.1. The lowest BCUT2D eigenvalue weighted by Crippen LogP contribution is -2.48. The number of hydrogen-bond acceptors (Lipinski definition) is 9. The van der Waals surface area contributed by atoms with Crippen molar-refractivity contribution in [2.45, 2.75) is 52.4 Å².